The highest BCUT2D eigenvalue weighted by molar-refractivity contribution is 5.81. The summed E-state index contributed by atoms with van der Waals surface area (Å²) >= 11 is 0. The van der Waals surface area contributed by atoms with Crippen LogP contribution in [0.5, 0.6) is 0 Å². The van der Waals surface area contributed by atoms with Crippen molar-refractivity contribution >= 4 is 5.91 Å². The number of rotatable bonds is 4. The molecule has 1 aromatic rings. The molecule has 0 spiro atoms. The number of carbonyl (C=O) groups is 1. The minimum absolute atomic E-state index is 0.335. The van der Waals surface area contributed by atoms with E-state index < -0.39 is 54.4 Å². The average molecular weight is 367 g/mol. The van der Waals surface area contributed by atoms with E-state index in [1.165, 1.54) is 5.32 Å². The molecule has 1 unspecified atom stereocenters. The zero-order valence-corrected chi connectivity index (χ0v) is 12.9. The first kappa shape index (κ1) is 19.1. The number of ether oxygens (including phenoxy) is 1. The van der Waals surface area contributed by atoms with Crippen molar-refractivity contribution in [1.29, 1.82) is 0 Å². The Bertz CT molecular complexity index is 759. The molecule has 4 N–H and O–H groups in total. The summed E-state index contributed by atoms with van der Waals surface area (Å²) in [4.78, 5) is 36.3. The number of hydrogen-bond donors (Lipinski definition) is 4. The summed E-state index contributed by atoms with van der Waals surface area (Å²) in [6, 6.07) is 0. The van der Waals surface area contributed by atoms with E-state index in [1.807, 2.05) is 4.98 Å². The van der Waals surface area contributed by atoms with Gasteiger partial charge in [0.1, 0.15) is 12.2 Å². The molecule has 1 aliphatic rings. The zero-order valence-electron chi connectivity index (χ0n) is 12.9. The summed E-state index contributed by atoms with van der Waals surface area (Å²) in [5.41, 5.74) is -2.34. The second kappa shape index (κ2) is 6.98. The molecule has 1 fully saturated rings. The third-order valence-corrected chi connectivity index (χ3v) is 3.75. The molecule has 25 heavy (non-hydrogen) atoms. The lowest BCUT2D eigenvalue weighted by Crippen LogP contribution is -2.41. The number of H-pyrrole nitrogens is 1. The topological polar surface area (TPSA) is 134 Å². The number of nitrogens with zero attached hydrogens (tertiary/aromatic N) is 1. The third-order valence-electron chi connectivity index (χ3n) is 3.75. The number of nitrogens with one attached hydrogen (secondary N) is 2. The van der Waals surface area contributed by atoms with E-state index in [9.17, 15) is 37.8 Å². The quantitative estimate of drug-likeness (QED) is 0.525. The highest BCUT2D eigenvalue weighted by Gasteiger charge is 2.43. The van der Waals surface area contributed by atoms with E-state index in [1.54, 1.807) is 6.92 Å². The SMILES string of the molecule is CC[C@H]1OC(n2cc(CNC(=O)C(F)(F)F)c(=O)[nH]c2=O)[C@H](O)[C@@H]1O. The normalized spacial score (nSPS) is 26.6. The molecule has 0 aromatic carbocycles. The van der Waals surface area contributed by atoms with Crippen LogP contribution in [0.15, 0.2) is 15.8 Å². The van der Waals surface area contributed by atoms with E-state index >= 15 is 0 Å². The first-order valence-corrected chi connectivity index (χ1v) is 7.27. The van der Waals surface area contributed by atoms with Crippen molar-refractivity contribution < 1.29 is 32.9 Å². The van der Waals surface area contributed by atoms with Crippen molar-refractivity contribution in [1.82, 2.24) is 14.9 Å². The molecule has 2 rings (SSSR count). The second-order valence-corrected chi connectivity index (χ2v) is 5.46. The molecule has 1 saturated heterocycles. The second-order valence-electron chi connectivity index (χ2n) is 5.46. The van der Waals surface area contributed by atoms with Crippen LogP contribution in [-0.4, -0.2) is 50.2 Å². The van der Waals surface area contributed by atoms with Crippen LogP contribution in [0, 0.1) is 0 Å². The highest BCUT2D eigenvalue weighted by Crippen LogP contribution is 2.29. The van der Waals surface area contributed by atoms with E-state index in [0.29, 0.717) is 6.42 Å². The number of aromatic amines is 1. The van der Waals surface area contributed by atoms with Gasteiger partial charge in [-0.1, -0.05) is 6.92 Å². The third kappa shape index (κ3) is 3.91. The van der Waals surface area contributed by atoms with Crippen molar-refractivity contribution in [3.8, 4) is 0 Å². The lowest BCUT2D eigenvalue weighted by atomic mass is 10.1. The molecule has 1 amide bonds. The van der Waals surface area contributed by atoms with Crippen molar-refractivity contribution in [2.24, 2.45) is 0 Å². The van der Waals surface area contributed by atoms with E-state index in [2.05, 4.69) is 0 Å². The van der Waals surface area contributed by atoms with Gasteiger partial charge in [-0.2, -0.15) is 13.2 Å². The molecule has 0 bridgehead atoms. The van der Waals surface area contributed by atoms with Gasteiger partial charge in [-0.3, -0.25) is 19.1 Å². The Kier molecular flexibility index (Phi) is 5.34. The van der Waals surface area contributed by atoms with Gasteiger partial charge >= 0.3 is 17.8 Å². The van der Waals surface area contributed by atoms with Gasteiger partial charge < -0.3 is 20.3 Å². The Morgan fingerprint density at radius 1 is 1.36 bits per heavy atom. The number of amides is 1. The number of aliphatic hydroxyl groups excluding tert-OH is 2. The molecular weight excluding hydrogens is 351 g/mol. The first-order chi connectivity index (χ1) is 11.6. The molecule has 2 heterocycles. The largest absolute Gasteiger partial charge is 0.471 e. The molecular formula is C13H16F3N3O6. The first-order valence-electron chi connectivity index (χ1n) is 7.27. The summed E-state index contributed by atoms with van der Waals surface area (Å²) in [6.45, 7) is 0.882. The van der Waals surface area contributed by atoms with Crippen LogP contribution in [0.2, 0.25) is 0 Å². The molecule has 4 atom stereocenters. The number of carbonyl (C=O) groups excluding carboxylic acids is 1. The van der Waals surface area contributed by atoms with Crippen molar-refractivity contribution in [3.05, 3.63) is 32.6 Å². The molecule has 12 heteroatoms. The minimum Gasteiger partial charge on any atom is -0.388 e. The fourth-order valence-electron chi connectivity index (χ4n) is 2.41. The van der Waals surface area contributed by atoms with Crippen LogP contribution < -0.4 is 16.6 Å². The Morgan fingerprint density at radius 2 is 2.00 bits per heavy atom. The van der Waals surface area contributed by atoms with Crippen LogP contribution >= 0.6 is 0 Å². The summed E-state index contributed by atoms with van der Waals surface area (Å²) in [6.07, 6.45) is -8.76. The van der Waals surface area contributed by atoms with Gasteiger partial charge in [0.05, 0.1) is 11.7 Å². The fraction of sp³-hybridized carbons (Fsp3) is 0.615. The van der Waals surface area contributed by atoms with Crippen LogP contribution in [-0.2, 0) is 16.1 Å². The van der Waals surface area contributed by atoms with E-state index in [4.69, 9.17) is 4.74 Å². The average Bonchev–Trinajstić information content (AvgIpc) is 2.81. The monoisotopic (exact) mass is 367 g/mol. The molecule has 0 saturated carbocycles. The molecule has 140 valence electrons. The Hall–Kier alpha value is -2.18. The lowest BCUT2D eigenvalue weighted by molar-refractivity contribution is -0.173. The Morgan fingerprint density at radius 3 is 2.52 bits per heavy atom. The predicted octanol–water partition coefficient (Wildman–Crippen LogP) is -1.26. The lowest BCUT2D eigenvalue weighted by Gasteiger charge is -2.18. The van der Waals surface area contributed by atoms with Gasteiger partial charge in [0.2, 0.25) is 0 Å². The van der Waals surface area contributed by atoms with Crippen molar-refractivity contribution in [3.63, 3.8) is 0 Å². The number of halogens is 3. The van der Waals surface area contributed by atoms with Crippen molar-refractivity contribution in [2.75, 3.05) is 0 Å². The van der Waals surface area contributed by atoms with Crippen LogP contribution in [0.1, 0.15) is 25.1 Å². The minimum atomic E-state index is -5.12. The van der Waals surface area contributed by atoms with Crippen LogP contribution in [0.25, 0.3) is 0 Å². The van der Waals surface area contributed by atoms with Crippen LogP contribution in [0.4, 0.5) is 13.2 Å². The number of aromatic nitrogens is 2. The molecule has 9 nitrogen and oxygen atoms in total. The van der Waals surface area contributed by atoms with Gasteiger partial charge in [-0.15, -0.1) is 0 Å². The summed E-state index contributed by atoms with van der Waals surface area (Å²) in [7, 11) is 0. The molecule has 1 aromatic heterocycles. The maximum Gasteiger partial charge on any atom is 0.471 e. The van der Waals surface area contributed by atoms with E-state index in [0.717, 1.165) is 10.8 Å². The summed E-state index contributed by atoms with van der Waals surface area (Å²) < 4.78 is 42.7. The zero-order chi connectivity index (χ0) is 18.9. The summed E-state index contributed by atoms with van der Waals surface area (Å²) in [5.74, 6) is -2.25. The standard InChI is InChI=1S/C13H16F3N3O6/c1-2-6-7(20)8(21)10(25-6)19-4-5(9(22)18-12(19)24)3-17-11(23)13(14,15)16/h4,6-8,10,20-21H,2-3H2,1H3,(H,17,23)(H,18,22,24)/t6-,7-,8-,10?/m1/s1. The molecule has 0 aliphatic carbocycles. The Labute approximate surface area is 138 Å². The van der Waals surface area contributed by atoms with Crippen molar-refractivity contribution in [2.45, 2.75) is 50.6 Å². The van der Waals surface area contributed by atoms with Gasteiger partial charge in [0.25, 0.3) is 5.56 Å². The number of aliphatic hydroxyl groups is 2. The fourth-order valence-corrected chi connectivity index (χ4v) is 2.41. The van der Waals surface area contributed by atoms with Gasteiger partial charge in [0.15, 0.2) is 6.23 Å². The Balaban J connectivity index is 2.28. The van der Waals surface area contributed by atoms with Gasteiger partial charge in [-0.25, -0.2) is 4.79 Å². The predicted molar refractivity (Wildman–Crippen MR) is 75.4 cm³/mol. The molecule has 0 radical (unpaired) electrons. The van der Waals surface area contributed by atoms with E-state index in [-0.39, 0.29) is 5.56 Å². The summed E-state index contributed by atoms with van der Waals surface area (Å²) in [5, 5.41) is 21.3. The van der Waals surface area contributed by atoms with Crippen LogP contribution in [0.3, 0.4) is 0 Å². The number of hydrogen-bond acceptors (Lipinski definition) is 6. The van der Waals surface area contributed by atoms with Gasteiger partial charge in [0, 0.05) is 12.7 Å². The maximum absolute atomic E-state index is 12.2. The molecule has 1 aliphatic heterocycles. The van der Waals surface area contributed by atoms with Gasteiger partial charge in [-0.05, 0) is 6.42 Å². The smallest absolute Gasteiger partial charge is 0.388 e. The highest BCUT2D eigenvalue weighted by atomic mass is 19.4. The maximum atomic E-state index is 12.2. The number of alkyl halides is 3.